The van der Waals surface area contributed by atoms with Gasteiger partial charge in [0.1, 0.15) is 5.03 Å². The molecular formula is C20H23N3O3S. The van der Waals surface area contributed by atoms with Gasteiger partial charge in [0, 0.05) is 23.5 Å². The predicted octanol–water partition coefficient (Wildman–Crippen LogP) is 1.80. The zero-order chi connectivity index (χ0) is 18.8. The van der Waals surface area contributed by atoms with Crippen molar-refractivity contribution in [1.82, 2.24) is 9.55 Å². The van der Waals surface area contributed by atoms with Gasteiger partial charge in [0.25, 0.3) is 0 Å². The van der Waals surface area contributed by atoms with Crippen LogP contribution in [0, 0.1) is 0 Å². The van der Waals surface area contributed by atoms with Crippen molar-refractivity contribution >= 4 is 23.4 Å². The Bertz CT molecular complexity index is 925. The van der Waals surface area contributed by atoms with E-state index in [-0.39, 0.29) is 30.5 Å². The van der Waals surface area contributed by atoms with Gasteiger partial charge in [-0.2, -0.15) is 4.98 Å². The van der Waals surface area contributed by atoms with Crippen LogP contribution in [0.2, 0.25) is 0 Å². The molecule has 1 aromatic carbocycles. The third kappa shape index (κ3) is 3.53. The number of para-hydroxylation sites is 1. The molecule has 1 amide bonds. The van der Waals surface area contributed by atoms with Crippen molar-refractivity contribution in [3.8, 4) is 0 Å². The van der Waals surface area contributed by atoms with Gasteiger partial charge in [-0.1, -0.05) is 30.0 Å². The van der Waals surface area contributed by atoms with Gasteiger partial charge in [-0.15, -0.1) is 0 Å². The SMILES string of the molecule is O=C(CSc1nc(=O)n(CCO)c2c1CCC2)N1CCCc2ccccc21. The van der Waals surface area contributed by atoms with E-state index in [1.807, 2.05) is 23.1 Å². The normalized spacial score (nSPS) is 15.5. The number of fused-ring (bicyclic) bond motifs is 2. The summed E-state index contributed by atoms with van der Waals surface area (Å²) in [4.78, 5) is 31.3. The van der Waals surface area contributed by atoms with Crippen molar-refractivity contribution in [1.29, 1.82) is 0 Å². The van der Waals surface area contributed by atoms with Gasteiger partial charge in [-0.25, -0.2) is 4.79 Å². The minimum atomic E-state index is -0.331. The number of carbonyl (C=O) groups excluding carboxylic acids is 1. The van der Waals surface area contributed by atoms with Crippen LogP contribution in [-0.2, 0) is 30.6 Å². The summed E-state index contributed by atoms with van der Waals surface area (Å²) < 4.78 is 1.58. The Hall–Kier alpha value is -2.12. The molecule has 0 saturated heterocycles. The molecule has 0 fully saturated rings. The molecule has 1 N–H and O–H groups in total. The molecule has 142 valence electrons. The number of benzene rings is 1. The Labute approximate surface area is 162 Å². The minimum Gasteiger partial charge on any atom is -0.395 e. The van der Waals surface area contributed by atoms with Gasteiger partial charge < -0.3 is 10.0 Å². The van der Waals surface area contributed by atoms with E-state index in [0.29, 0.717) is 5.03 Å². The van der Waals surface area contributed by atoms with Crippen molar-refractivity contribution < 1.29 is 9.90 Å². The molecule has 0 spiro atoms. The monoisotopic (exact) mass is 385 g/mol. The third-order valence-electron chi connectivity index (χ3n) is 5.27. The Morgan fingerprint density at radius 1 is 1.19 bits per heavy atom. The van der Waals surface area contributed by atoms with Crippen molar-refractivity contribution in [2.24, 2.45) is 0 Å². The van der Waals surface area contributed by atoms with E-state index in [1.54, 1.807) is 4.57 Å². The molecule has 7 heteroatoms. The highest BCUT2D eigenvalue weighted by Crippen LogP contribution is 2.31. The van der Waals surface area contributed by atoms with Crippen LogP contribution < -0.4 is 10.6 Å². The summed E-state index contributed by atoms with van der Waals surface area (Å²) in [6.07, 6.45) is 4.65. The average Bonchev–Trinajstić information content (AvgIpc) is 3.18. The van der Waals surface area contributed by atoms with Crippen LogP contribution in [0.15, 0.2) is 34.1 Å². The van der Waals surface area contributed by atoms with E-state index in [9.17, 15) is 14.7 Å². The Morgan fingerprint density at radius 3 is 2.89 bits per heavy atom. The van der Waals surface area contributed by atoms with Crippen molar-refractivity contribution in [3.63, 3.8) is 0 Å². The molecule has 1 aromatic heterocycles. The highest BCUT2D eigenvalue weighted by atomic mass is 32.2. The molecule has 27 heavy (non-hydrogen) atoms. The molecule has 2 aromatic rings. The number of nitrogens with zero attached hydrogens (tertiary/aromatic N) is 3. The summed E-state index contributed by atoms with van der Waals surface area (Å²) >= 11 is 1.37. The van der Waals surface area contributed by atoms with Crippen LogP contribution in [-0.4, -0.2) is 39.5 Å². The van der Waals surface area contributed by atoms with Crippen LogP contribution in [0.1, 0.15) is 29.7 Å². The van der Waals surface area contributed by atoms with Gasteiger partial charge in [0.2, 0.25) is 5.91 Å². The Morgan fingerprint density at radius 2 is 2.04 bits per heavy atom. The largest absolute Gasteiger partial charge is 0.395 e. The first-order chi connectivity index (χ1) is 13.2. The lowest BCUT2D eigenvalue weighted by atomic mass is 10.0. The first-order valence-electron chi connectivity index (χ1n) is 9.43. The smallest absolute Gasteiger partial charge is 0.348 e. The fourth-order valence-electron chi connectivity index (χ4n) is 4.04. The molecule has 1 aliphatic carbocycles. The van der Waals surface area contributed by atoms with E-state index < -0.39 is 0 Å². The first-order valence-corrected chi connectivity index (χ1v) is 10.4. The summed E-state index contributed by atoms with van der Waals surface area (Å²) in [6, 6.07) is 8.06. The summed E-state index contributed by atoms with van der Waals surface area (Å²) in [5.41, 5.74) is 3.93. The Kier molecular flexibility index (Phi) is 5.31. The van der Waals surface area contributed by atoms with Crippen LogP contribution in [0.4, 0.5) is 5.69 Å². The molecule has 0 bridgehead atoms. The highest BCUT2D eigenvalue weighted by Gasteiger charge is 2.25. The number of aliphatic hydroxyl groups is 1. The lowest BCUT2D eigenvalue weighted by Crippen LogP contribution is -2.36. The number of aromatic nitrogens is 2. The summed E-state index contributed by atoms with van der Waals surface area (Å²) in [5, 5.41) is 9.88. The quantitative estimate of drug-likeness (QED) is 0.627. The number of carbonyl (C=O) groups is 1. The number of aliphatic hydroxyl groups excluding tert-OH is 1. The van der Waals surface area contributed by atoms with E-state index >= 15 is 0 Å². The van der Waals surface area contributed by atoms with Gasteiger partial charge in [0.15, 0.2) is 0 Å². The molecule has 0 atom stereocenters. The molecule has 4 rings (SSSR count). The standard InChI is InChI=1S/C20H23N3O3S/c24-12-11-23-17-9-3-7-15(17)19(21-20(23)26)27-13-18(25)22-10-4-6-14-5-1-2-8-16(14)22/h1-2,5,8,24H,3-4,6-7,9-13H2. The maximum atomic E-state index is 12.8. The molecular weight excluding hydrogens is 362 g/mol. The number of hydrogen-bond acceptors (Lipinski definition) is 5. The fourth-order valence-corrected chi connectivity index (χ4v) is 4.99. The van der Waals surface area contributed by atoms with Crippen LogP contribution in [0.5, 0.6) is 0 Å². The third-order valence-corrected chi connectivity index (χ3v) is 6.27. The number of thioether (sulfide) groups is 1. The summed E-state index contributed by atoms with van der Waals surface area (Å²) in [5.74, 6) is 0.331. The molecule has 6 nitrogen and oxygen atoms in total. The second kappa shape index (κ2) is 7.86. The van der Waals surface area contributed by atoms with Crippen LogP contribution in [0.3, 0.4) is 0 Å². The minimum absolute atomic E-state index is 0.0558. The van der Waals surface area contributed by atoms with Gasteiger partial charge in [0.05, 0.1) is 18.9 Å². The lowest BCUT2D eigenvalue weighted by Gasteiger charge is -2.29. The molecule has 2 aliphatic rings. The summed E-state index contributed by atoms with van der Waals surface area (Å²) in [7, 11) is 0. The van der Waals surface area contributed by atoms with E-state index in [2.05, 4.69) is 11.1 Å². The van der Waals surface area contributed by atoms with Gasteiger partial charge in [-0.05, 0) is 43.7 Å². The molecule has 2 heterocycles. The number of aryl methyl sites for hydroxylation is 1. The van der Waals surface area contributed by atoms with E-state index in [0.717, 1.165) is 55.6 Å². The van der Waals surface area contributed by atoms with Crippen molar-refractivity contribution in [2.75, 3.05) is 23.8 Å². The number of hydrogen-bond donors (Lipinski definition) is 1. The van der Waals surface area contributed by atoms with Crippen molar-refractivity contribution in [3.05, 3.63) is 51.6 Å². The Balaban J connectivity index is 1.53. The number of anilines is 1. The topological polar surface area (TPSA) is 75.4 Å². The van der Waals surface area contributed by atoms with Gasteiger partial charge >= 0.3 is 5.69 Å². The second-order valence-electron chi connectivity index (χ2n) is 6.92. The van der Waals surface area contributed by atoms with Crippen molar-refractivity contribution in [2.45, 2.75) is 43.7 Å². The highest BCUT2D eigenvalue weighted by molar-refractivity contribution is 8.00. The van der Waals surface area contributed by atoms with E-state index in [1.165, 1.54) is 17.3 Å². The zero-order valence-electron chi connectivity index (χ0n) is 15.2. The van der Waals surface area contributed by atoms with E-state index in [4.69, 9.17) is 0 Å². The fraction of sp³-hybridized carbons (Fsp3) is 0.450. The average molecular weight is 385 g/mol. The lowest BCUT2D eigenvalue weighted by molar-refractivity contribution is -0.116. The maximum Gasteiger partial charge on any atom is 0.348 e. The van der Waals surface area contributed by atoms with Crippen LogP contribution >= 0.6 is 11.8 Å². The first kappa shape index (κ1) is 18.3. The second-order valence-corrected chi connectivity index (χ2v) is 7.88. The van der Waals surface area contributed by atoms with Crippen LogP contribution in [0.25, 0.3) is 0 Å². The molecule has 0 unspecified atom stereocenters. The zero-order valence-corrected chi connectivity index (χ0v) is 16.0. The number of amides is 1. The predicted molar refractivity (Wildman–Crippen MR) is 105 cm³/mol. The number of rotatable bonds is 5. The maximum absolute atomic E-state index is 12.8. The molecule has 1 aliphatic heterocycles. The summed E-state index contributed by atoms with van der Waals surface area (Å²) in [6.45, 7) is 0.940. The molecule has 0 radical (unpaired) electrons. The molecule has 0 saturated carbocycles. The van der Waals surface area contributed by atoms with Gasteiger partial charge in [-0.3, -0.25) is 9.36 Å².